The van der Waals surface area contributed by atoms with E-state index in [4.69, 9.17) is 4.98 Å². The normalized spacial score (nSPS) is 13.3. The first-order valence-corrected chi connectivity index (χ1v) is 17.1. The molecule has 230 valence electrons. The number of nitrogens with zero attached hydrogens (tertiary/aromatic N) is 1. The molecule has 0 radical (unpaired) electrons. The van der Waals surface area contributed by atoms with E-state index in [0.29, 0.717) is 0 Å². The molecule has 1 heteroatoms. The Bertz CT molecular complexity index is 2730. The second kappa shape index (κ2) is 10.5. The molecule has 1 aliphatic carbocycles. The van der Waals surface area contributed by atoms with Crippen molar-refractivity contribution in [2.75, 3.05) is 0 Å². The summed E-state index contributed by atoms with van der Waals surface area (Å²) >= 11 is 0. The smallest absolute Gasteiger partial charge is 0.0728 e. The monoisotopic (exact) mass is 623 g/mol. The first-order valence-electron chi connectivity index (χ1n) is 17.1. The van der Waals surface area contributed by atoms with Gasteiger partial charge in [0.15, 0.2) is 0 Å². The Morgan fingerprint density at radius 2 is 0.857 bits per heavy atom. The van der Waals surface area contributed by atoms with Gasteiger partial charge in [-0.05, 0) is 95.0 Å². The van der Waals surface area contributed by atoms with Gasteiger partial charge >= 0.3 is 0 Å². The Labute approximate surface area is 286 Å². The van der Waals surface area contributed by atoms with Crippen LogP contribution in [0.25, 0.3) is 87.9 Å². The number of rotatable bonds is 3. The van der Waals surface area contributed by atoms with Gasteiger partial charge in [-0.3, -0.25) is 0 Å². The molecule has 10 rings (SSSR count). The van der Waals surface area contributed by atoms with Crippen molar-refractivity contribution in [1.29, 1.82) is 0 Å². The van der Waals surface area contributed by atoms with Gasteiger partial charge in [0.25, 0.3) is 0 Å². The highest BCUT2D eigenvalue weighted by Gasteiger charge is 2.37. The maximum atomic E-state index is 5.45. The van der Waals surface area contributed by atoms with Gasteiger partial charge in [0.05, 0.1) is 11.2 Å². The van der Waals surface area contributed by atoms with Crippen molar-refractivity contribution in [2.24, 2.45) is 0 Å². The minimum absolute atomic E-state index is 0.115. The second-order valence-electron chi connectivity index (χ2n) is 13.8. The molecule has 8 aromatic carbocycles. The standard InChI is InChI=1S/C48H33N/c1-48(2)41-26-14-12-25-38(41)46-33-20-7-6-18-31(33)39(28-42(46)48)40-29-44(49-43-27-15-13-19-32(40)43)47-36-23-10-8-21-34(36)45(30-16-4-3-5-17-30)35-22-9-11-24-37(35)47/h3-29H,1-2H3. The number of aromatic nitrogens is 1. The molecule has 0 unspecified atom stereocenters. The van der Waals surface area contributed by atoms with Crippen LogP contribution in [0.3, 0.4) is 0 Å². The molecule has 0 atom stereocenters. The second-order valence-corrected chi connectivity index (χ2v) is 13.8. The molecular weight excluding hydrogens is 591 g/mol. The van der Waals surface area contributed by atoms with Gasteiger partial charge < -0.3 is 0 Å². The van der Waals surface area contributed by atoms with Crippen LogP contribution in [-0.2, 0) is 5.41 Å². The Kier molecular flexibility index (Phi) is 5.99. The van der Waals surface area contributed by atoms with Gasteiger partial charge in [0.1, 0.15) is 0 Å². The summed E-state index contributed by atoms with van der Waals surface area (Å²) in [6, 6.07) is 59.9. The van der Waals surface area contributed by atoms with Gasteiger partial charge in [0, 0.05) is 16.4 Å². The lowest BCUT2D eigenvalue weighted by molar-refractivity contribution is 0.661. The van der Waals surface area contributed by atoms with Crippen LogP contribution in [0.4, 0.5) is 0 Å². The average molecular weight is 624 g/mol. The number of pyridine rings is 1. The summed E-state index contributed by atoms with van der Waals surface area (Å²) in [5, 5.41) is 8.64. The number of para-hydroxylation sites is 1. The topological polar surface area (TPSA) is 12.9 Å². The van der Waals surface area contributed by atoms with E-state index in [1.807, 2.05) is 0 Å². The van der Waals surface area contributed by atoms with E-state index in [1.54, 1.807) is 0 Å². The minimum atomic E-state index is -0.115. The van der Waals surface area contributed by atoms with Gasteiger partial charge in [-0.15, -0.1) is 0 Å². The van der Waals surface area contributed by atoms with Crippen LogP contribution in [0.1, 0.15) is 25.0 Å². The zero-order chi connectivity index (χ0) is 32.7. The van der Waals surface area contributed by atoms with Crippen LogP contribution in [-0.4, -0.2) is 4.98 Å². The quantitative estimate of drug-likeness (QED) is 0.178. The highest BCUT2D eigenvalue weighted by molar-refractivity contribution is 6.22. The lowest BCUT2D eigenvalue weighted by Gasteiger charge is -2.23. The number of benzene rings is 8. The molecule has 1 aromatic heterocycles. The summed E-state index contributed by atoms with van der Waals surface area (Å²) in [5.41, 5.74) is 13.5. The van der Waals surface area contributed by atoms with E-state index in [-0.39, 0.29) is 5.41 Å². The molecule has 49 heavy (non-hydrogen) atoms. The molecular formula is C48H33N. The van der Waals surface area contributed by atoms with Crippen molar-refractivity contribution < 1.29 is 0 Å². The molecule has 0 fully saturated rings. The van der Waals surface area contributed by atoms with Gasteiger partial charge in [0.2, 0.25) is 0 Å². The average Bonchev–Trinajstić information content (AvgIpc) is 3.39. The fourth-order valence-electron chi connectivity index (χ4n) is 8.62. The Morgan fingerprint density at radius 1 is 0.367 bits per heavy atom. The maximum Gasteiger partial charge on any atom is 0.0728 e. The van der Waals surface area contributed by atoms with Crippen molar-refractivity contribution in [3.63, 3.8) is 0 Å². The van der Waals surface area contributed by atoms with E-state index in [9.17, 15) is 0 Å². The zero-order valence-corrected chi connectivity index (χ0v) is 27.5. The lowest BCUT2D eigenvalue weighted by atomic mass is 9.80. The Morgan fingerprint density at radius 3 is 1.53 bits per heavy atom. The van der Waals surface area contributed by atoms with E-state index >= 15 is 0 Å². The van der Waals surface area contributed by atoms with Gasteiger partial charge in [-0.1, -0.05) is 159 Å². The zero-order valence-electron chi connectivity index (χ0n) is 27.5. The van der Waals surface area contributed by atoms with Crippen LogP contribution < -0.4 is 0 Å². The molecule has 0 saturated carbocycles. The van der Waals surface area contributed by atoms with Crippen molar-refractivity contribution in [1.82, 2.24) is 4.98 Å². The van der Waals surface area contributed by atoms with Crippen molar-refractivity contribution >= 4 is 43.2 Å². The van der Waals surface area contributed by atoms with Crippen LogP contribution in [0, 0.1) is 0 Å². The third kappa shape index (κ3) is 4.03. The molecule has 0 spiro atoms. The summed E-state index contributed by atoms with van der Waals surface area (Å²) in [5.74, 6) is 0. The van der Waals surface area contributed by atoms with E-state index in [0.717, 1.165) is 11.2 Å². The van der Waals surface area contributed by atoms with E-state index in [1.165, 1.54) is 87.8 Å². The lowest BCUT2D eigenvalue weighted by Crippen LogP contribution is -2.15. The Balaban J connectivity index is 1.32. The molecule has 1 aliphatic rings. The number of fused-ring (bicyclic) bond motifs is 8. The van der Waals surface area contributed by atoms with Crippen molar-refractivity contribution in [2.45, 2.75) is 19.3 Å². The summed E-state index contributed by atoms with van der Waals surface area (Å²) in [4.78, 5) is 5.45. The fourth-order valence-corrected chi connectivity index (χ4v) is 8.62. The number of hydrogen-bond donors (Lipinski definition) is 0. The summed E-state index contributed by atoms with van der Waals surface area (Å²) in [6.07, 6.45) is 0. The molecule has 1 heterocycles. The van der Waals surface area contributed by atoms with Crippen LogP contribution in [0.2, 0.25) is 0 Å². The van der Waals surface area contributed by atoms with E-state index in [2.05, 4.69) is 178 Å². The number of hydrogen-bond acceptors (Lipinski definition) is 1. The predicted molar refractivity (Wildman–Crippen MR) is 208 cm³/mol. The highest BCUT2D eigenvalue weighted by atomic mass is 14.7. The van der Waals surface area contributed by atoms with E-state index < -0.39 is 0 Å². The molecule has 0 N–H and O–H groups in total. The minimum Gasteiger partial charge on any atom is -0.248 e. The molecule has 9 aromatic rings. The third-order valence-electron chi connectivity index (χ3n) is 10.8. The molecule has 1 nitrogen and oxygen atoms in total. The third-order valence-corrected chi connectivity index (χ3v) is 10.8. The van der Waals surface area contributed by atoms with Crippen LogP contribution in [0.15, 0.2) is 164 Å². The van der Waals surface area contributed by atoms with Gasteiger partial charge in [-0.25, -0.2) is 4.98 Å². The van der Waals surface area contributed by atoms with Crippen molar-refractivity contribution in [3.8, 4) is 44.6 Å². The molecule has 0 bridgehead atoms. The maximum absolute atomic E-state index is 5.45. The first-order chi connectivity index (χ1) is 24.1. The first kappa shape index (κ1) is 28.0. The van der Waals surface area contributed by atoms with Gasteiger partial charge in [-0.2, -0.15) is 0 Å². The largest absolute Gasteiger partial charge is 0.248 e. The summed E-state index contributed by atoms with van der Waals surface area (Å²) in [6.45, 7) is 4.75. The van der Waals surface area contributed by atoms with Crippen molar-refractivity contribution in [3.05, 3.63) is 175 Å². The molecule has 0 aliphatic heterocycles. The fraction of sp³-hybridized carbons (Fsp3) is 0.0625. The molecule has 0 saturated heterocycles. The predicted octanol–water partition coefficient (Wildman–Crippen LogP) is 13.0. The summed E-state index contributed by atoms with van der Waals surface area (Å²) < 4.78 is 0. The SMILES string of the molecule is CC1(C)c2ccccc2-c2c1cc(-c1cc(-c3c4ccccc4c(-c4ccccc4)c4ccccc34)nc3ccccc13)c1ccccc21. The van der Waals surface area contributed by atoms with Crippen LogP contribution >= 0.6 is 0 Å². The summed E-state index contributed by atoms with van der Waals surface area (Å²) in [7, 11) is 0. The molecule has 0 amide bonds. The van der Waals surface area contributed by atoms with Crippen LogP contribution in [0.5, 0.6) is 0 Å². The highest BCUT2D eigenvalue weighted by Crippen LogP contribution is 2.54. The Hall–Kier alpha value is -6.05.